The number of likely N-dealkylation sites (tertiary alicyclic amines) is 1. The second kappa shape index (κ2) is 6.95. The molecule has 1 aromatic rings. The second-order valence-corrected chi connectivity index (χ2v) is 6.26. The third-order valence-electron chi connectivity index (χ3n) is 3.87. The lowest BCUT2D eigenvalue weighted by Crippen LogP contribution is -2.53. The maximum absolute atomic E-state index is 12.4. The molecule has 0 radical (unpaired) electrons. The molecule has 0 spiro atoms. The van der Waals surface area contributed by atoms with Crippen LogP contribution in [0, 0.1) is 0 Å². The summed E-state index contributed by atoms with van der Waals surface area (Å²) in [5.41, 5.74) is -1.77. The number of benzene rings is 1. The summed E-state index contributed by atoms with van der Waals surface area (Å²) in [6, 6.07) is 4.88. The highest BCUT2D eigenvalue weighted by Gasteiger charge is 2.41. The van der Waals surface area contributed by atoms with Gasteiger partial charge in [0.15, 0.2) is 11.7 Å². The summed E-state index contributed by atoms with van der Waals surface area (Å²) in [5, 5.41) is 19.4. The van der Waals surface area contributed by atoms with Gasteiger partial charge in [-0.15, -0.1) is 0 Å². The van der Waals surface area contributed by atoms with Crippen molar-refractivity contribution in [2.75, 3.05) is 13.1 Å². The van der Waals surface area contributed by atoms with Gasteiger partial charge in [-0.05, 0) is 19.1 Å². The zero-order valence-corrected chi connectivity index (χ0v) is 14.0. The number of halogens is 2. The Kier molecular flexibility index (Phi) is 5.39. The fourth-order valence-electron chi connectivity index (χ4n) is 2.38. The van der Waals surface area contributed by atoms with Crippen molar-refractivity contribution in [2.45, 2.75) is 31.5 Å². The monoisotopic (exact) mass is 361 g/mol. The van der Waals surface area contributed by atoms with Gasteiger partial charge in [-0.3, -0.25) is 4.79 Å². The summed E-state index contributed by atoms with van der Waals surface area (Å²) in [4.78, 5) is 24.8. The quantitative estimate of drug-likeness (QED) is 0.858. The number of hydrogen-bond acceptors (Lipinski definition) is 4. The van der Waals surface area contributed by atoms with Gasteiger partial charge in [0.1, 0.15) is 10.8 Å². The molecule has 1 amide bonds. The smallest absolute Gasteiger partial charge is 0.335 e. The number of carboxylic acids is 1. The van der Waals surface area contributed by atoms with Crippen molar-refractivity contribution in [1.82, 2.24) is 4.90 Å². The van der Waals surface area contributed by atoms with Crippen molar-refractivity contribution < 1.29 is 24.5 Å². The van der Waals surface area contributed by atoms with E-state index in [2.05, 4.69) is 0 Å². The molecule has 2 N–H and O–H groups in total. The molecular weight excluding hydrogens is 345 g/mol. The number of rotatable bonds is 4. The molecule has 0 aliphatic carbocycles. The SMILES string of the molecule is CC(Oc1cccc(Cl)c1Cl)C(=O)N1CCC(O)(C(=O)O)CC1. The Morgan fingerprint density at radius 1 is 1.30 bits per heavy atom. The van der Waals surface area contributed by atoms with Crippen LogP contribution in [-0.4, -0.2) is 51.8 Å². The second-order valence-electron chi connectivity index (χ2n) is 5.47. The van der Waals surface area contributed by atoms with Crippen LogP contribution in [0.2, 0.25) is 10.0 Å². The van der Waals surface area contributed by atoms with Gasteiger partial charge < -0.3 is 19.8 Å². The molecule has 0 saturated carbocycles. The number of ether oxygens (including phenoxy) is 1. The third-order valence-corrected chi connectivity index (χ3v) is 4.67. The normalized spacial score (nSPS) is 18.3. The highest BCUT2D eigenvalue weighted by Crippen LogP contribution is 2.32. The summed E-state index contributed by atoms with van der Waals surface area (Å²) >= 11 is 11.9. The summed E-state index contributed by atoms with van der Waals surface area (Å²) in [5.74, 6) is -1.26. The highest BCUT2D eigenvalue weighted by molar-refractivity contribution is 6.42. The number of aliphatic hydroxyl groups is 1. The van der Waals surface area contributed by atoms with E-state index in [1.54, 1.807) is 25.1 Å². The van der Waals surface area contributed by atoms with Crippen molar-refractivity contribution in [1.29, 1.82) is 0 Å². The minimum absolute atomic E-state index is 0.0152. The third kappa shape index (κ3) is 3.88. The minimum atomic E-state index is -1.77. The van der Waals surface area contributed by atoms with Crippen LogP contribution in [0.5, 0.6) is 5.75 Å². The predicted molar refractivity (Wildman–Crippen MR) is 85.0 cm³/mol. The van der Waals surface area contributed by atoms with Crippen molar-refractivity contribution >= 4 is 35.1 Å². The topological polar surface area (TPSA) is 87.1 Å². The van der Waals surface area contributed by atoms with Gasteiger partial charge in [-0.25, -0.2) is 4.79 Å². The van der Waals surface area contributed by atoms with Crippen molar-refractivity contribution in [3.8, 4) is 5.75 Å². The Hall–Kier alpha value is -1.50. The molecule has 1 heterocycles. The van der Waals surface area contributed by atoms with Crippen LogP contribution < -0.4 is 4.74 Å². The lowest BCUT2D eigenvalue weighted by atomic mass is 9.91. The first kappa shape index (κ1) is 17.8. The molecule has 1 fully saturated rings. The molecule has 8 heteroatoms. The number of aliphatic carboxylic acids is 1. The number of carboxylic acid groups (broad SMARTS) is 1. The van der Waals surface area contributed by atoms with Crippen LogP contribution >= 0.6 is 23.2 Å². The highest BCUT2D eigenvalue weighted by atomic mass is 35.5. The van der Waals surface area contributed by atoms with Crippen molar-refractivity contribution in [2.24, 2.45) is 0 Å². The Morgan fingerprint density at radius 3 is 2.48 bits per heavy atom. The van der Waals surface area contributed by atoms with Gasteiger partial charge in [-0.1, -0.05) is 29.3 Å². The molecule has 1 unspecified atom stereocenters. The van der Waals surface area contributed by atoms with E-state index in [1.807, 2.05) is 0 Å². The fourth-order valence-corrected chi connectivity index (χ4v) is 2.72. The van der Waals surface area contributed by atoms with Crippen LogP contribution in [0.25, 0.3) is 0 Å². The summed E-state index contributed by atoms with van der Waals surface area (Å²) in [6.07, 6.45) is -0.834. The first-order chi connectivity index (χ1) is 10.7. The average molecular weight is 362 g/mol. The molecule has 1 aromatic carbocycles. The van der Waals surface area contributed by atoms with E-state index in [0.29, 0.717) is 10.8 Å². The summed E-state index contributed by atoms with van der Waals surface area (Å²) in [6.45, 7) is 1.88. The molecule has 6 nitrogen and oxygen atoms in total. The molecular formula is C15H17Cl2NO5. The van der Waals surface area contributed by atoms with Crippen molar-refractivity contribution in [3.05, 3.63) is 28.2 Å². The maximum atomic E-state index is 12.4. The molecule has 0 aromatic heterocycles. The number of carbonyl (C=O) groups excluding carboxylic acids is 1. The number of hydrogen-bond donors (Lipinski definition) is 2. The van der Waals surface area contributed by atoms with Crippen LogP contribution in [-0.2, 0) is 9.59 Å². The first-order valence-corrected chi connectivity index (χ1v) is 7.85. The molecule has 126 valence electrons. The number of nitrogens with zero attached hydrogens (tertiary/aromatic N) is 1. The molecule has 1 aliphatic rings. The van der Waals surface area contributed by atoms with Gasteiger partial charge in [-0.2, -0.15) is 0 Å². The largest absolute Gasteiger partial charge is 0.479 e. The Labute approximate surface area is 143 Å². The molecule has 2 rings (SSSR count). The van der Waals surface area contributed by atoms with E-state index < -0.39 is 17.7 Å². The molecule has 0 bridgehead atoms. The number of carbonyl (C=O) groups is 2. The molecule has 1 atom stereocenters. The Balaban J connectivity index is 1.98. The Morgan fingerprint density at radius 2 is 1.91 bits per heavy atom. The molecule has 1 saturated heterocycles. The fraction of sp³-hybridized carbons (Fsp3) is 0.467. The maximum Gasteiger partial charge on any atom is 0.335 e. The molecule has 23 heavy (non-hydrogen) atoms. The first-order valence-electron chi connectivity index (χ1n) is 7.10. The Bertz CT molecular complexity index is 614. The lowest BCUT2D eigenvalue weighted by Gasteiger charge is -2.36. The zero-order chi connectivity index (χ0) is 17.2. The van der Waals surface area contributed by atoms with E-state index in [1.165, 1.54) is 4.90 Å². The van der Waals surface area contributed by atoms with Gasteiger partial charge in [0, 0.05) is 25.9 Å². The summed E-state index contributed by atoms with van der Waals surface area (Å²) in [7, 11) is 0. The van der Waals surface area contributed by atoms with Gasteiger partial charge in [0.05, 0.1) is 5.02 Å². The van der Waals surface area contributed by atoms with E-state index in [0.717, 1.165) is 0 Å². The van der Waals surface area contributed by atoms with Crippen LogP contribution in [0.1, 0.15) is 19.8 Å². The standard InChI is InChI=1S/C15H17Cl2NO5/c1-9(23-11-4-2-3-10(16)12(11)17)13(19)18-7-5-15(22,6-8-18)14(20)21/h2-4,9,22H,5-8H2,1H3,(H,20,21). The van der Waals surface area contributed by atoms with Gasteiger partial charge in [0.25, 0.3) is 5.91 Å². The van der Waals surface area contributed by atoms with E-state index in [9.17, 15) is 14.7 Å². The van der Waals surface area contributed by atoms with E-state index >= 15 is 0 Å². The van der Waals surface area contributed by atoms with Crippen LogP contribution in [0.3, 0.4) is 0 Å². The lowest BCUT2D eigenvalue weighted by molar-refractivity contribution is -0.166. The molecule has 1 aliphatic heterocycles. The summed E-state index contributed by atoms with van der Waals surface area (Å²) < 4.78 is 5.55. The average Bonchev–Trinajstić information content (AvgIpc) is 2.51. The van der Waals surface area contributed by atoms with Crippen LogP contribution in [0.4, 0.5) is 0 Å². The van der Waals surface area contributed by atoms with E-state index in [-0.39, 0.29) is 36.9 Å². The number of amides is 1. The van der Waals surface area contributed by atoms with Crippen molar-refractivity contribution in [3.63, 3.8) is 0 Å². The van der Waals surface area contributed by atoms with Gasteiger partial charge >= 0.3 is 5.97 Å². The zero-order valence-electron chi connectivity index (χ0n) is 12.5. The van der Waals surface area contributed by atoms with Gasteiger partial charge in [0.2, 0.25) is 0 Å². The van der Waals surface area contributed by atoms with E-state index in [4.69, 9.17) is 33.0 Å². The van der Waals surface area contributed by atoms with Crippen LogP contribution in [0.15, 0.2) is 18.2 Å². The minimum Gasteiger partial charge on any atom is -0.479 e. The number of piperidine rings is 1. The predicted octanol–water partition coefficient (Wildman–Crippen LogP) is 2.20.